The quantitative estimate of drug-likeness (QED) is 0.421. The zero-order valence-electron chi connectivity index (χ0n) is 9.78. The van der Waals surface area contributed by atoms with Gasteiger partial charge in [-0.3, -0.25) is 0 Å². The van der Waals surface area contributed by atoms with Crippen molar-refractivity contribution in [1.29, 1.82) is 0 Å². The normalized spacial score (nSPS) is 10.9. The second-order valence-electron chi connectivity index (χ2n) is 3.99. The number of aromatic hydroxyl groups is 5. The van der Waals surface area contributed by atoms with Crippen molar-refractivity contribution in [3.05, 3.63) is 41.5 Å². The molecule has 2 aromatic carbocycles. The summed E-state index contributed by atoms with van der Waals surface area (Å²) in [6.45, 7) is 0. The molecule has 5 heteroatoms. The Morgan fingerprint density at radius 1 is 0.579 bits per heavy atom. The van der Waals surface area contributed by atoms with Crippen LogP contribution in [0.3, 0.4) is 0 Å². The zero-order valence-corrected chi connectivity index (χ0v) is 9.78. The molecule has 98 valence electrons. The van der Waals surface area contributed by atoms with Crippen molar-refractivity contribution in [2.24, 2.45) is 0 Å². The Balaban J connectivity index is 2.30. The second-order valence-corrected chi connectivity index (χ2v) is 3.99. The molecule has 2 aromatic rings. The van der Waals surface area contributed by atoms with Crippen LogP contribution in [0.15, 0.2) is 30.3 Å². The number of hydrogen-bond donors (Lipinski definition) is 5. The highest BCUT2D eigenvalue weighted by molar-refractivity contribution is 5.73. The highest BCUT2D eigenvalue weighted by Crippen LogP contribution is 2.36. The van der Waals surface area contributed by atoms with Crippen LogP contribution >= 0.6 is 0 Å². The van der Waals surface area contributed by atoms with Crippen molar-refractivity contribution in [2.75, 3.05) is 0 Å². The summed E-state index contributed by atoms with van der Waals surface area (Å²) >= 11 is 0. The Labute approximate surface area is 108 Å². The fraction of sp³-hybridized carbons (Fsp3) is 0. The van der Waals surface area contributed by atoms with Gasteiger partial charge in [-0.25, -0.2) is 0 Å². The van der Waals surface area contributed by atoms with Crippen LogP contribution in [0.2, 0.25) is 0 Å². The van der Waals surface area contributed by atoms with Crippen molar-refractivity contribution < 1.29 is 25.5 Å². The van der Waals surface area contributed by atoms with Gasteiger partial charge >= 0.3 is 0 Å². The lowest BCUT2D eigenvalue weighted by atomic mass is 10.1. The van der Waals surface area contributed by atoms with Crippen molar-refractivity contribution in [2.45, 2.75) is 0 Å². The molecule has 19 heavy (non-hydrogen) atoms. The molecule has 0 aliphatic heterocycles. The van der Waals surface area contributed by atoms with Gasteiger partial charge in [0.05, 0.1) is 0 Å². The summed E-state index contributed by atoms with van der Waals surface area (Å²) < 4.78 is 0. The molecule has 0 unspecified atom stereocenters. The largest absolute Gasteiger partial charge is 0.504 e. The monoisotopic (exact) mass is 260 g/mol. The number of hydrogen-bond acceptors (Lipinski definition) is 5. The van der Waals surface area contributed by atoms with E-state index in [9.17, 15) is 20.4 Å². The van der Waals surface area contributed by atoms with E-state index in [-0.39, 0.29) is 11.5 Å². The van der Waals surface area contributed by atoms with Crippen LogP contribution in [0.4, 0.5) is 0 Å². The second kappa shape index (κ2) is 4.81. The third-order valence-electron chi connectivity index (χ3n) is 2.56. The maximum atomic E-state index is 9.34. The summed E-state index contributed by atoms with van der Waals surface area (Å²) in [7, 11) is 0. The number of phenols is 5. The summed E-state index contributed by atoms with van der Waals surface area (Å²) in [6, 6.07) is 6.87. The summed E-state index contributed by atoms with van der Waals surface area (Å²) in [5.74, 6) is -1.86. The molecule has 0 fully saturated rings. The first-order chi connectivity index (χ1) is 8.97. The average molecular weight is 260 g/mol. The summed E-state index contributed by atoms with van der Waals surface area (Å²) in [5, 5.41) is 46.4. The lowest BCUT2D eigenvalue weighted by Gasteiger charge is -2.02. The Kier molecular flexibility index (Phi) is 3.20. The third-order valence-corrected chi connectivity index (χ3v) is 2.56. The van der Waals surface area contributed by atoms with Gasteiger partial charge in [0.15, 0.2) is 28.7 Å². The molecule has 5 nitrogen and oxygen atoms in total. The Hall–Kier alpha value is -2.82. The lowest BCUT2D eigenvalue weighted by molar-refractivity contribution is 0.368. The van der Waals surface area contributed by atoms with Gasteiger partial charge in [0.25, 0.3) is 0 Å². The highest BCUT2D eigenvalue weighted by Gasteiger charge is 2.06. The Bertz CT molecular complexity index is 623. The predicted octanol–water partition coefficient (Wildman–Crippen LogP) is 2.39. The molecule has 0 radical (unpaired) electrons. The average Bonchev–Trinajstić information content (AvgIpc) is 2.37. The minimum Gasteiger partial charge on any atom is -0.504 e. The number of phenolic OH excluding ortho intramolecular Hbond substituents is 5. The van der Waals surface area contributed by atoms with E-state index in [2.05, 4.69) is 0 Å². The molecular formula is C14H12O5. The smallest absolute Gasteiger partial charge is 0.200 e. The van der Waals surface area contributed by atoms with E-state index in [4.69, 9.17) is 5.11 Å². The van der Waals surface area contributed by atoms with Gasteiger partial charge in [-0.2, -0.15) is 0 Å². The zero-order chi connectivity index (χ0) is 14.0. The molecule has 0 aliphatic rings. The van der Waals surface area contributed by atoms with Crippen molar-refractivity contribution in [3.8, 4) is 28.7 Å². The molecule has 0 spiro atoms. The molecular weight excluding hydrogens is 248 g/mol. The molecule has 0 amide bonds. The first-order valence-electron chi connectivity index (χ1n) is 5.42. The molecule has 0 heterocycles. The maximum absolute atomic E-state index is 9.34. The molecule has 5 N–H and O–H groups in total. The van der Waals surface area contributed by atoms with E-state index in [0.717, 1.165) is 0 Å². The Morgan fingerprint density at radius 2 is 1.11 bits per heavy atom. The fourth-order valence-corrected chi connectivity index (χ4v) is 1.56. The molecule has 0 aromatic heterocycles. The molecule has 2 rings (SSSR count). The summed E-state index contributed by atoms with van der Waals surface area (Å²) in [4.78, 5) is 0. The van der Waals surface area contributed by atoms with E-state index >= 15 is 0 Å². The minimum atomic E-state index is -0.570. The minimum absolute atomic E-state index is 0.211. The van der Waals surface area contributed by atoms with E-state index < -0.39 is 17.2 Å². The first-order valence-corrected chi connectivity index (χ1v) is 5.42. The third kappa shape index (κ3) is 2.71. The van der Waals surface area contributed by atoms with Crippen molar-refractivity contribution in [3.63, 3.8) is 0 Å². The van der Waals surface area contributed by atoms with Crippen LogP contribution < -0.4 is 0 Å². The van der Waals surface area contributed by atoms with Gasteiger partial charge in [-0.05, 0) is 35.4 Å². The van der Waals surface area contributed by atoms with Crippen LogP contribution in [0.5, 0.6) is 28.7 Å². The van der Waals surface area contributed by atoms with Crippen LogP contribution in [0.1, 0.15) is 11.1 Å². The summed E-state index contributed by atoms with van der Waals surface area (Å²) in [6.07, 6.45) is 3.19. The van der Waals surface area contributed by atoms with Crippen LogP contribution in [-0.4, -0.2) is 25.5 Å². The predicted molar refractivity (Wildman–Crippen MR) is 70.1 cm³/mol. The van der Waals surface area contributed by atoms with E-state index in [0.29, 0.717) is 11.1 Å². The number of rotatable bonds is 2. The fourth-order valence-electron chi connectivity index (χ4n) is 1.56. The molecule has 0 saturated heterocycles. The molecule has 0 bridgehead atoms. The van der Waals surface area contributed by atoms with Crippen LogP contribution in [-0.2, 0) is 0 Å². The van der Waals surface area contributed by atoms with E-state index in [1.54, 1.807) is 18.2 Å². The van der Waals surface area contributed by atoms with E-state index in [1.807, 2.05) is 0 Å². The Morgan fingerprint density at radius 3 is 1.68 bits per heavy atom. The molecule has 0 saturated carbocycles. The standard InChI is InChI=1S/C14H12O5/c15-10-4-3-8(5-11(10)16)1-2-9-6-12(17)14(19)13(18)7-9/h1-7,15-19H. The van der Waals surface area contributed by atoms with Gasteiger partial charge < -0.3 is 25.5 Å². The van der Waals surface area contributed by atoms with Gasteiger partial charge in [-0.1, -0.05) is 18.2 Å². The highest BCUT2D eigenvalue weighted by atomic mass is 16.3. The topological polar surface area (TPSA) is 101 Å². The van der Waals surface area contributed by atoms with E-state index in [1.165, 1.54) is 24.3 Å². The van der Waals surface area contributed by atoms with Crippen molar-refractivity contribution >= 4 is 12.2 Å². The summed E-state index contributed by atoms with van der Waals surface area (Å²) in [5.41, 5.74) is 1.10. The van der Waals surface area contributed by atoms with Gasteiger partial charge in [-0.15, -0.1) is 0 Å². The van der Waals surface area contributed by atoms with Crippen LogP contribution in [0.25, 0.3) is 12.2 Å². The lowest BCUT2D eigenvalue weighted by Crippen LogP contribution is -1.77. The van der Waals surface area contributed by atoms with Gasteiger partial charge in [0, 0.05) is 0 Å². The molecule has 0 atom stereocenters. The first kappa shape index (κ1) is 12.6. The SMILES string of the molecule is Oc1ccc(C=Cc2cc(O)c(O)c(O)c2)cc1O. The number of benzene rings is 2. The maximum Gasteiger partial charge on any atom is 0.200 e. The van der Waals surface area contributed by atoms with Crippen molar-refractivity contribution in [1.82, 2.24) is 0 Å². The van der Waals surface area contributed by atoms with Gasteiger partial charge in [0.2, 0.25) is 0 Å². The van der Waals surface area contributed by atoms with Crippen LogP contribution in [0, 0.1) is 0 Å². The van der Waals surface area contributed by atoms with Gasteiger partial charge in [0.1, 0.15) is 0 Å². The molecule has 0 aliphatic carbocycles.